The lowest BCUT2D eigenvalue weighted by Crippen LogP contribution is -2.51. The van der Waals surface area contributed by atoms with Crippen molar-refractivity contribution in [2.24, 2.45) is 14.1 Å². The molecule has 13 heteroatoms. The number of aromatic nitrogens is 4. The van der Waals surface area contributed by atoms with Crippen LogP contribution in [0.5, 0.6) is 0 Å². The minimum Gasteiger partial charge on any atom is -0.356 e. The summed E-state index contributed by atoms with van der Waals surface area (Å²) in [6.07, 6.45) is 8.67. The first-order valence-corrected chi connectivity index (χ1v) is 15.2. The highest BCUT2D eigenvalue weighted by atomic mass is 32.2. The van der Waals surface area contributed by atoms with Gasteiger partial charge >= 0.3 is 0 Å². The number of sulfonamides is 1. The summed E-state index contributed by atoms with van der Waals surface area (Å²) < 4.78 is 30.0. The number of rotatable bonds is 10. The molecular formula is C31H32N8O4S. The number of nitriles is 1. The minimum atomic E-state index is -3.63. The molecule has 12 nitrogen and oxygen atoms in total. The number of hydrogen-bond acceptors (Lipinski definition) is 8. The first kappa shape index (κ1) is 30.4. The number of aryl methyl sites for hydroxylation is 2. The van der Waals surface area contributed by atoms with Crippen LogP contribution in [0, 0.1) is 11.3 Å². The molecule has 0 atom stereocenters. The summed E-state index contributed by atoms with van der Waals surface area (Å²) in [5, 5.41) is 12.6. The van der Waals surface area contributed by atoms with E-state index in [-0.39, 0.29) is 36.0 Å². The van der Waals surface area contributed by atoms with Crippen LogP contribution >= 0.6 is 0 Å². The molecule has 1 aliphatic rings. The lowest BCUT2D eigenvalue weighted by atomic mass is 9.88. The van der Waals surface area contributed by atoms with Gasteiger partial charge in [-0.05, 0) is 42.0 Å². The summed E-state index contributed by atoms with van der Waals surface area (Å²) >= 11 is 0. The summed E-state index contributed by atoms with van der Waals surface area (Å²) in [6, 6.07) is 14.6. The van der Waals surface area contributed by atoms with Gasteiger partial charge in [0.25, 0.3) is 5.91 Å². The number of hydrogen-bond donors (Lipinski definition) is 1. The summed E-state index contributed by atoms with van der Waals surface area (Å²) in [5.41, 5.74) is 1.89. The van der Waals surface area contributed by atoms with E-state index in [1.807, 2.05) is 29.3 Å². The second-order valence-corrected chi connectivity index (χ2v) is 13.1. The zero-order valence-corrected chi connectivity index (χ0v) is 25.6. The quantitative estimate of drug-likeness (QED) is 0.212. The molecule has 44 heavy (non-hydrogen) atoms. The van der Waals surface area contributed by atoms with Gasteiger partial charge in [0.15, 0.2) is 5.78 Å². The van der Waals surface area contributed by atoms with Crippen molar-refractivity contribution in [2.75, 3.05) is 14.1 Å². The molecule has 1 N–H and O–H groups in total. The van der Waals surface area contributed by atoms with Crippen molar-refractivity contribution in [3.05, 3.63) is 114 Å². The molecule has 0 unspecified atom stereocenters. The molecule has 1 saturated heterocycles. The molecule has 0 saturated carbocycles. The molecule has 0 radical (unpaired) electrons. The van der Waals surface area contributed by atoms with Crippen LogP contribution in [-0.2, 0) is 48.3 Å². The molecule has 2 aromatic carbocycles. The van der Waals surface area contributed by atoms with E-state index in [1.54, 1.807) is 61.4 Å². The Kier molecular flexibility index (Phi) is 8.23. The van der Waals surface area contributed by atoms with E-state index in [9.17, 15) is 18.0 Å². The highest BCUT2D eigenvalue weighted by molar-refractivity contribution is 7.89. The molecule has 2 aromatic heterocycles. The van der Waals surface area contributed by atoms with E-state index >= 15 is 0 Å². The van der Waals surface area contributed by atoms with Gasteiger partial charge in [-0.15, -0.1) is 0 Å². The van der Waals surface area contributed by atoms with E-state index in [0.717, 1.165) is 15.7 Å². The van der Waals surface area contributed by atoms with Crippen LogP contribution in [0.2, 0.25) is 0 Å². The topological polar surface area (TPSA) is 146 Å². The summed E-state index contributed by atoms with van der Waals surface area (Å²) in [6.45, 7) is 0.0825. The van der Waals surface area contributed by atoms with Crippen molar-refractivity contribution in [2.45, 2.75) is 29.8 Å². The zero-order chi connectivity index (χ0) is 31.6. The number of allylic oxidation sites excluding steroid dienone is 1. The second kappa shape index (κ2) is 11.9. The maximum Gasteiger partial charge on any atom is 0.254 e. The van der Waals surface area contributed by atoms with Crippen molar-refractivity contribution in [1.82, 2.24) is 33.6 Å². The highest BCUT2D eigenvalue weighted by Crippen LogP contribution is 2.32. The lowest BCUT2D eigenvalue weighted by molar-refractivity contribution is -0.132. The van der Waals surface area contributed by atoms with Crippen LogP contribution in [0.15, 0.2) is 90.4 Å². The number of imidazole rings is 2. The molecule has 1 amide bonds. The summed E-state index contributed by atoms with van der Waals surface area (Å²) in [4.78, 5) is 38.1. The van der Waals surface area contributed by atoms with E-state index in [0.29, 0.717) is 22.5 Å². The predicted octanol–water partition coefficient (Wildman–Crippen LogP) is 2.16. The second-order valence-electron chi connectivity index (χ2n) is 11.0. The normalized spacial score (nSPS) is 15.5. The van der Waals surface area contributed by atoms with Gasteiger partial charge in [0.2, 0.25) is 10.0 Å². The molecular weight excluding hydrogens is 580 g/mol. The maximum absolute atomic E-state index is 14.5. The van der Waals surface area contributed by atoms with Gasteiger partial charge in [0.1, 0.15) is 11.4 Å². The predicted molar refractivity (Wildman–Crippen MR) is 161 cm³/mol. The smallest absolute Gasteiger partial charge is 0.254 e. The number of nitrogens with zero attached hydrogens (tertiary/aromatic N) is 7. The third kappa shape index (κ3) is 5.90. The third-order valence-corrected chi connectivity index (χ3v) is 9.55. The maximum atomic E-state index is 14.5. The largest absolute Gasteiger partial charge is 0.356 e. The van der Waals surface area contributed by atoms with Crippen LogP contribution < -0.4 is 5.32 Å². The standard InChI is InChI=1S/C31H32N8O4S/c1-36(2)44(42,43)27-11-7-23(8-12-27)19-39-29(13-28(40)24-9-5-22(16-32)6-10-24)35-31(30(39)41,14-25-17-33-20-37(25)3)15-26-18-34-21-38(26)4/h5-13,17-18,20-21,35H,14-15,19H2,1-4H3. The molecule has 3 heterocycles. The number of ketones is 1. The van der Waals surface area contributed by atoms with E-state index in [2.05, 4.69) is 15.3 Å². The monoisotopic (exact) mass is 612 g/mol. The molecule has 0 bridgehead atoms. The van der Waals surface area contributed by atoms with Crippen LogP contribution in [0.25, 0.3) is 0 Å². The van der Waals surface area contributed by atoms with Crippen LogP contribution in [-0.4, -0.2) is 68.0 Å². The Hall–Kier alpha value is -5.06. The Morgan fingerprint density at radius 1 is 0.977 bits per heavy atom. The van der Waals surface area contributed by atoms with Crippen molar-refractivity contribution in [3.63, 3.8) is 0 Å². The Morgan fingerprint density at radius 3 is 2.02 bits per heavy atom. The van der Waals surface area contributed by atoms with Gasteiger partial charge in [-0.2, -0.15) is 5.26 Å². The first-order chi connectivity index (χ1) is 20.9. The van der Waals surface area contributed by atoms with Gasteiger partial charge in [-0.3, -0.25) is 14.5 Å². The first-order valence-electron chi connectivity index (χ1n) is 13.7. The molecule has 4 aromatic rings. The molecule has 226 valence electrons. The number of amides is 1. The van der Waals surface area contributed by atoms with Gasteiger partial charge < -0.3 is 14.5 Å². The van der Waals surface area contributed by atoms with Crippen molar-refractivity contribution in [3.8, 4) is 6.07 Å². The van der Waals surface area contributed by atoms with Crippen LogP contribution in [0.3, 0.4) is 0 Å². The fourth-order valence-corrected chi connectivity index (χ4v) is 6.01. The average molecular weight is 613 g/mol. The fourth-order valence-electron chi connectivity index (χ4n) is 5.11. The fraction of sp³-hybridized carbons (Fsp3) is 0.258. The molecule has 1 aliphatic heterocycles. The summed E-state index contributed by atoms with van der Waals surface area (Å²) in [7, 11) is 3.00. The Morgan fingerprint density at radius 2 is 1.55 bits per heavy atom. The summed E-state index contributed by atoms with van der Waals surface area (Å²) in [5.74, 6) is -0.304. The Labute approximate surface area is 255 Å². The van der Waals surface area contributed by atoms with Crippen LogP contribution in [0.1, 0.15) is 32.9 Å². The van der Waals surface area contributed by atoms with Crippen molar-refractivity contribution >= 4 is 21.7 Å². The van der Waals surface area contributed by atoms with E-state index in [1.165, 1.54) is 37.2 Å². The minimum absolute atomic E-state index is 0.0825. The lowest BCUT2D eigenvalue weighted by Gasteiger charge is -2.27. The van der Waals surface area contributed by atoms with Gasteiger partial charge in [-0.25, -0.2) is 22.7 Å². The van der Waals surface area contributed by atoms with Gasteiger partial charge in [0, 0.05) is 76.5 Å². The van der Waals surface area contributed by atoms with Crippen molar-refractivity contribution in [1.29, 1.82) is 5.26 Å². The molecule has 5 rings (SSSR count). The number of carbonyl (C=O) groups is 2. The highest BCUT2D eigenvalue weighted by Gasteiger charge is 2.50. The third-order valence-electron chi connectivity index (χ3n) is 7.72. The number of benzene rings is 2. The van der Waals surface area contributed by atoms with Crippen LogP contribution in [0.4, 0.5) is 0 Å². The van der Waals surface area contributed by atoms with E-state index < -0.39 is 15.6 Å². The Bertz CT molecular complexity index is 1840. The molecule has 1 fully saturated rings. The molecule has 0 spiro atoms. The van der Waals surface area contributed by atoms with Gasteiger partial charge in [-0.1, -0.05) is 12.1 Å². The number of nitrogens with one attached hydrogen (secondary N) is 1. The van der Waals surface area contributed by atoms with E-state index in [4.69, 9.17) is 5.26 Å². The average Bonchev–Trinajstić information content (AvgIpc) is 3.67. The zero-order valence-electron chi connectivity index (χ0n) is 24.8. The SMILES string of the molecule is CN(C)S(=O)(=O)c1ccc(CN2C(=O)C(Cc3cncn3C)(Cc3cncn3C)NC2=CC(=O)c2ccc(C#N)cc2)cc1. The van der Waals surface area contributed by atoms with Crippen molar-refractivity contribution < 1.29 is 18.0 Å². The Balaban J connectivity index is 1.57. The number of carbonyl (C=O) groups excluding carboxylic acids is 2. The van der Waals surface area contributed by atoms with Gasteiger partial charge in [0.05, 0.1) is 35.7 Å². The molecule has 0 aliphatic carbocycles.